The van der Waals surface area contributed by atoms with Crippen molar-refractivity contribution in [3.05, 3.63) is 59.4 Å². The van der Waals surface area contributed by atoms with Gasteiger partial charge in [-0.1, -0.05) is 18.2 Å². The van der Waals surface area contributed by atoms with Gasteiger partial charge in [0.2, 0.25) is 5.91 Å². The molecule has 0 radical (unpaired) electrons. The van der Waals surface area contributed by atoms with Gasteiger partial charge in [-0.2, -0.15) is 0 Å². The van der Waals surface area contributed by atoms with Crippen molar-refractivity contribution in [2.24, 2.45) is 0 Å². The summed E-state index contributed by atoms with van der Waals surface area (Å²) in [6.45, 7) is 4.39. The number of ether oxygens (including phenoxy) is 1. The predicted molar refractivity (Wildman–Crippen MR) is 100.0 cm³/mol. The number of hydrogen-bond acceptors (Lipinski definition) is 4. The van der Waals surface area contributed by atoms with Crippen molar-refractivity contribution in [2.75, 3.05) is 13.7 Å². The summed E-state index contributed by atoms with van der Waals surface area (Å²) >= 11 is 0. The van der Waals surface area contributed by atoms with Crippen LogP contribution in [0.25, 0.3) is 0 Å². The molecule has 0 spiro atoms. The fourth-order valence-corrected chi connectivity index (χ4v) is 3.65. The summed E-state index contributed by atoms with van der Waals surface area (Å²) in [4.78, 5) is 18.9. The third-order valence-corrected chi connectivity index (χ3v) is 5.22. The molecule has 1 aliphatic heterocycles. The highest BCUT2D eigenvalue weighted by Crippen LogP contribution is 2.35. The van der Waals surface area contributed by atoms with Crippen LogP contribution in [0.5, 0.6) is 5.75 Å². The van der Waals surface area contributed by atoms with Crippen molar-refractivity contribution in [3.63, 3.8) is 0 Å². The molecule has 1 N–H and O–H groups in total. The smallest absolute Gasteiger partial charge is 0.227 e. The largest absolute Gasteiger partial charge is 0.497 e. The number of nitrogens with zero attached hydrogens (tertiary/aromatic N) is 2. The minimum Gasteiger partial charge on any atom is -0.497 e. The number of likely N-dealkylation sites (tertiary alicyclic amines) is 1. The molecule has 5 nitrogen and oxygen atoms in total. The van der Waals surface area contributed by atoms with Crippen LogP contribution in [-0.2, 0) is 16.8 Å². The van der Waals surface area contributed by atoms with Gasteiger partial charge in [0.1, 0.15) is 11.4 Å². The molecule has 5 heteroatoms. The molecule has 1 aliphatic rings. The minimum atomic E-state index is -1.11. The normalized spacial score (nSPS) is 19.2. The van der Waals surface area contributed by atoms with Crippen LogP contribution in [0.4, 0.5) is 0 Å². The molecule has 1 saturated heterocycles. The van der Waals surface area contributed by atoms with Gasteiger partial charge in [0, 0.05) is 18.4 Å². The second kappa shape index (κ2) is 7.46. The molecular formula is C21H26N2O3. The highest BCUT2D eigenvalue weighted by Gasteiger charge is 2.42. The van der Waals surface area contributed by atoms with Crippen molar-refractivity contribution in [1.82, 2.24) is 9.88 Å². The van der Waals surface area contributed by atoms with Crippen LogP contribution in [0, 0.1) is 6.92 Å². The molecule has 1 amide bonds. The molecule has 0 unspecified atom stereocenters. The lowest BCUT2D eigenvalue weighted by Crippen LogP contribution is -2.48. The SMILES string of the molecule is COc1ccc([C@](C)(O)[C@@H]2CCCN2C(=O)Cc2ccc(C)nc2)cc1. The van der Waals surface area contributed by atoms with Gasteiger partial charge in [0.15, 0.2) is 0 Å². The Kier molecular flexibility index (Phi) is 5.28. The summed E-state index contributed by atoms with van der Waals surface area (Å²) in [7, 11) is 1.62. The third-order valence-electron chi connectivity index (χ3n) is 5.22. The van der Waals surface area contributed by atoms with E-state index >= 15 is 0 Å². The van der Waals surface area contributed by atoms with Crippen LogP contribution in [-0.4, -0.2) is 40.6 Å². The zero-order valence-electron chi connectivity index (χ0n) is 15.6. The molecule has 2 aromatic rings. The van der Waals surface area contributed by atoms with E-state index in [0.29, 0.717) is 13.0 Å². The van der Waals surface area contributed by atoms with Gasteiger partial charge >= 0.3 is 0 Å². The lowest BCUT2D eigenvalue weighted by molar-refractivity contribution is -0.137. The lowest BCUT2D eigenvalue weighted by Gasteiger charge is -2.37. The van der Waals surface area contributed by atoms with Crippen LogP contribution < -0.4 is 4.74 Å². The quantitative estimate of drug-likeness (QED) is 0.897. The number of methoxy groups -OCH3 is 1. The van der Waals surface area contributed by atoms with Crippen LogP contribution >= 0.6 is 0 Å². The Morgan fingerprint density at radius 3 is 2.65 bits per heavy atom. The Morgan fingerprint density at radius 2 is 2.04 bits per heavy atom. The van der Waals surface area contributed by atoms with Gasteiger partial charge in [-0.05, 0) is 56.0 Å². The number of hydrogen-bond donors (Lipinski definition) is 1. The van der Waals surface area contributed by atoms with Crippen LogP contribution in [0.1, 0.15) is 36.6 Å². The maximum atomic E-state index is 12.9. The molecule has 2 atom stereocenters. The predicted octanol–water partition coefficient (Wildman–Crippen LogP) is 2.84. The van der Waals surface area contributed by atoms with Crippen molar-refractivity contribution in [1.29, 1.82) is 0 Å². The van der Waals surface area contributed by atoms with Crippen molar-refractivity contribution in [3.8, 4) is 5.75 Å². The van der Waals surface area contributed by atoms with Gasteiger partial charge in [-0.15, -0.1) is 0 Å². The van der Waals surface area contributed by atoms with E-state index in [0.717, 1.165) is 35.4 Å². The number of benzene rings is 1. The Morgan fingerprint density at radius 1 is 1.31 bits per heavy atom. The monoisotopic (exact) mass is 354 g/mol. The van der Waals surface area contributed by atoms with E-state index < -0.39 is 5.60 Å². The first-order chi connectivity index (χ1) is 12.4. The summed E-state index contributed by atoms with van der Waals surface area (Å²) in [6, 6.07) is 11.0. The van der Waals surface area contributed by atoms with Crippen molar-refractivity contribution < 1.29 is 14.6 Å². The molecule has 26 heavy (non-hydrogen) atoms. The van der Waals surface area contributed by atoms with Gasteiger partial charge < -0.3 is 14.7 Å². The molecular weight excluding hydrogens is 328 g/mol. The second-order valence-electron chi connectivity index (χ2n) is 7.11. The summed E-state index contributed by atoms with van der Waals surface area (Å²) in [5.74, 6) is 0.780. The van der Waals surface area contributed by atoms with E-state index in [4.69, 9.17) is 4.74 Å². The number of carbonyl (C=O) groups is 1. The van der Waals surface area contributed by atoms with E-state index in [-0.39, 0.29) is 11.9 Å². The highest BCUT2D eigenvalue weighted by atomic mass is 16.5. The highest BCUT2D eigenvalue weighted by molar-refractivity contribution is 5.79. The Labute approximate surface area is 154 Å². The number of amides is 1. The Bertz CT molecular complexity index is 754. The van der Waals surface area contributed by atoms with Gasteiger partial charge in [0.05, 0.1) is 19.6 Å². The van der Waals surface area contributed by atoms with Gasteiger partial charge in [-0.3, -0.25) is 9.78 Å². The van der Waals surface area contributed by atoms with Crippen LogP contribution in [0.3, 0.4) is 0 Å². The Balaban J connectivity index is 1.77. The summed E-state index contributed by atoms with van der Waals surface area (Å²) in [5, 5.41) is 11.2. The Hall–Kier alpha value is -2.40. The van der Waals surface area contributed by atoms with Gasteiger partial charge in [0.25, 0.3) is 0 Å². The molecule has 1 aromatic heterocycles. The first-order valence-electron chi connectivity index (χ1n) is 8.99. The topological polar surface area (TPSA) is 62.7 Å². The fourth-order valence-electron chi connectivity index (χ4n) is 3.65. The van der Waals surface area contributed by atoms with Crippen molar-refractivity contribution >= 4 is 5.91 Å². The first-order valence-corrected chi connectivity index (χ1v) is 8.99. The number of pyridine rings is 1. The molecule has 138 valence electrons. The molecule has 0 saturated carbocycles. The molecule has 3 rings (SSSR count). The standard InChI is InChI=1S/C21H26N2O3/c1-15-6-7-16(14-22-15)13-20(24)23-12-4-5-19(23)21(2,25)17-8-10-18(26-3)11-9-17/h6-11,14,19,25H,4-5,12-13H2,1-3H3/t19-,21-/m0/s1. The average Bonchev–Trinajstić information content (AvgIpc) is 3.14. The van der Waals surface area contributed by atoms with Gasteiger partial charge in [-0.25, -0.2) is 0 Å². The van der Waals surface area contributed by atoms with E-state index in [1.165, 1.54) is 0 Å². The van der Waals surface area contributed by atoms with E-state index in [1.54, 1.807) is 20.2 Å². The minimum absolute atomic E-state index is 0.0342. The van der Waals surface area contributed by atoms with Crippen LogP contribution in [0.2, 0.25) is 0 Å². The fraction of sp³-hybridized carbons (Fsp3) is 0.429. The molecule has 0 bridgehead atoms. The number of aromatic nitrogens is 1. The van der Waals surface area contributed by atoms with E-state index in [1.807, 2.05) is 48.2 Å². The average molecular weight is 354 g/mol. The van der Waals surface area contributed by atoms with Crippen molar-refractivity contribution in [2.45, 2.75) is 44.8 Å². The third kappa shape index (κ3) is 3.73. The lowest BCUT2D eigenvalue weighted by atomic mass is 9.86. The van der Waals surface area contributed by atoms with E-state index in [2.05, 4.69) is 4.98 Å². The summed E-state index contributed by atoms with van der Waals surface area (Å²) in [6.07, 6.45) is 3.74. The number of carbonyl (C=O) groups excluding carboxylic acids is 1. The number of rotatable bonds is 5. The molecule has 0 aliphatic carbocycles. The second-order valence-corrected chi connectivity index (χ2v) is 7.11. The van der Waals surface area contributed by atoms with Crippen LogP contribution in [0.15, 0.2) is 42.6 Å². The molecule has 1 fully saturated rings. The summed E-state index contributed by atoms with van der Waals surface area (Å²) in [5.41, 5.74) is 1.52. The zero-order valence-corrected chi connectivity index (χ0v) is 15.6. The zero-order chi connectivity index (χ0) is 18.7. The maximum Gasteiger partial charge on any atom is 0.227 e. The number of aliphatic hydroxyl groups is 1. The maximum absolute atomic E-state index is 12.9. The summed E-state index contributed by atoms with van der Waals surface area (Å²) < 4.78 is 5.19. The first kappa shape index (κ1) is 18.4. The van der Waals surface area contributed by atoms with E-state index in [9.17, 15) is 9.90 Å². The molecule has 2 heterocycles. The number of aryl methyl sites for hydroxylation is 1. The molecule has 1 aromatic carbocycles.